The fourth-order valence-electron chi connectivity index (χ4n) is 1.19. The van der Waals surface area contributed by atoms with Crippen LogP contribution in [0.2, 0.25) is 0 Å². The molecule has 0 saturated carbocycles. The number of rotatable bonds is 0. The molecule has 58 valence electrons. The Hall–Kier alpha value is -0.400. The molecule has 2 heteroatoms. The predicted molar refractivity (Wildman–Crippen MR) is 36.9 cm³/mol. The largest absolute Gasteiger partial charge is 0.209 e. The molecular formula is C8H12F2. The molecule has 0 aliphatic heterocycles. The monoisotopic (exact) mass is 146 g/mol. The molecule has 0 unspecified atom stereocenters. The second-order valence-corrected chi connectivity index (χ2v) is 2.72. The Balaban J connectivity index is 2.51. The summed E-state index contributed by atoms with van der Waals surface area (Å²) in [4.78, 5) is 0. The maximum absolute atomic E-state index is 12.5. The maximum Gasteiger partial charge on any atom is 0.131 e. The Labute approximate surface area is 59.9 Å². The molecule has 0 radical (unpaired) electrons. The molecule has 0 amide bonds. The summed E-state index contributed by atoms with van der Waals surface area (Å²) in [7, 11) is 0. The van der Waals surface area contributed by atoms with Gasteiger partial charge < -0.3 is 0 Å². The number of hydrogen-bond acceptors (Lipinski definition) is 0. The van der Waals surface area contributed by atoms with Crippen molar-refractivity contribution in [1.29, 1.82) is 0 Å². The molecule has 1 aliphatic rings. The summed E-state index contributed by atoms with van der Waals surface area (Å²) in [5.74, 6) is -1.03. The first-order chi connectivity index (χ1) is 4.80. The third-order valence-electron chi connectivity index (χ3n) is 1.84. The Morgan fingerprint density at radius 1 is 0.700 bits per heavy atom. The van der Waals surface area contributed by atoms with E-state index in [0.717, 1.165) is 25.7 Å². The van der Waals surface area contributed by atoms with Gasteiger partial charge in [-0.15, -0.1) is 0 Å². The van der Waals surface area contributed by atoms with Gasteiger partial charge in [0.05, 0.1) is 0 Å². The van der Waals surface area contributed by atoms with Gasteiger partial charge in [-0.05, 0) is 12.8 Å². The second-order valence-electron chi connectivity index (χ2n) is 2.72. The Morgan fingerprint density at radius 2 is 1.10 bits per heavy atom. The number of halogens is 2. The summed E-state index contributed by atoms with van der Waals surface area (Å²) in [5, 5.41) is 0. The van der Waals surface area contributed by atoms with Gasteiger partial charge in [0.15, 0.2) is 0 Å². The van der Waals surface area contributed by atoms with Crippen molar-refractivity contribution in [3.05, 3.63) is 11.7 Å². The standard InChI is InChI=1S/C8H12F2/c9-7-5-3-1-2-4-6-8(7)10/h1-6H2/b8-7-. The highest BCUT2D eigenvalue weighted by Crippen LogP contribution is 2.24. The maximum atomic E-state index is 12.5. The van der Waals surface area contributed by atoms with Crippen LogP contribution in [-0.4, -0.2) is 0 Å². The number of allylic oxidation sites excluding steroid dienone is 2. The van der Waals surface area contributed by atoms with E-state index in [1.54, 1.807) is 0 Å². The average molecular weight is 146 g/mol. The highest BCUT2D eigenvalue weighted by atomic mass is 19.2. The van der Waals surface area contributed by atoms with E-state index in [0.29, 0.717) is 12.8 Å². The third kappa shape index (κ3) is 2.09. The summed E-state index contributed by atoms with van der Waals surface area (Å²) in [6, 6.07) is 0. The molecule has 0 heterocycles. The van der Waals surface area contributed by atoms with E-state index < -0.39 is 11.7 Å². The molecule has 0 aromatic carbocycles. The lowest BCUT2D eigenvalue weighted by Crippen LogP contribution is -1.89. The zero-order chi connectivity index (χ0) is 7.40. The van der Waals surface area contributed by atoms with Gasteiger partial charge in [-0.3, -0.25) is 0 Å². The van der Waals surface area contributed by atoms with Crippen molar-refractivity contribution in [2.24, 2.45) is 0 Å². The first-order valence-electron chi connectivity index (χ1n) is 3.84. The van der Waals surface area contributed by atoms with Crippen molar-refractivity contribution < 1.29 is 8.78 Å². The summed E-state index contributed by atoms with van der Waals surface area (Å²) in [6.07, 6.45) is 4.32. The van der Waals surface area contributed by atoms with Crippen molar-refractivity contribution in [1.82, 2.24) is 0 Å². The van der Waals surface area contributed by atoms with Crippen molar-refractivity contribution >= 4 is 0 Å². The zero-order valence-corrected chi connectivity index (χ0v) is 6.00. The molecular weight excluding hydrogens is 134 g/mol. The van der Waals surface area contributed by atoms with E-state index in [9.17, 15) is 8.78 Å². The molecule has 0 atom stereocenters. The van der Waals surface area contributed by atoms with Gasteiger partial charge >= 0.3 is 0 Å². The highest BCUT2D eigenvalue weighted by Gasteiger charge is 2.08. The van der Waals surface area contributed by atoms with Crippen LogP contribution in [0.1, 0.15) is 38.5 Å². The SMILES string of the molecule is F/C1=C(\F)CCCCCC1. The van der Waals surface area contributed by atoms with Crippen LogP contribution in [0.25, 0.3) is 0 Å². The molecule has 0 fully saturated rings. The Morgan fingerprint density at radius 3 is 1.50 bits per heavy atom. The summed E-state index contributed by atoms with van der Waals surface area (Å²) in [6.45, 7) is 0. The molecule has 0 saturated heterocycles. The van der Waals surface area contributed by atoms with Gasteiger partial charge in [0, 0.05) is 12.8 Å². The third-order valence-corrected chi connectivity index (χ3v) is 1.84. The van der Waals surface area contributed by atoms with Gasteiger partial charge in [0.2, 0.25) is 0 Å². The van der Waals surface area contributed by atoms with E-state index in [-0.39, 0.29) is 0 Å². The quantitative estimate of drug-likeness (QED) is 0.490. The van der Waals surface area contributed by atoms with Gasteiger partial charge in [-0.1, -0.05) is 12.8 Å². The minimum Gasteiger partial charge on any atom is -0.209 e. The summed E-state index contributed by atoms with van der Waals surface area (Å²) < 4.78 is 25.0. The molecule has 1 aliphatic carbocycles. The molecule has 0 nitrogen and oxygen atoms in total. The van der Waals surface area contributed by atoms with Gasteiger partial charge in [-0.2, -0.15) is 0 Å². The Kier molecular flexibility index (Phi) is 2.84. The molecule has 10 heavy (non-hydrogen) atoms. The topological polar surface area (TPSA) is 0 Å². The van der Waals surface area contributed by atoms with E-state index in [1.807, 2.05) is 0 Å². The van der Waals surface area contributed by atoms with E-state index >= 15 is 0 Å². The Bertz CT molecular complexity index is 122. The lowest BCUT2D eigenvalue weighted by atomic mass is 10.1. The molecule has 0 spiro atoms. The fourth-order valence-corrected chi connectivity index (χ4v) is 1.19. The van der Waals surface area contributed by atoms with Crippen molar-refractivity contribution in [3.8, 4) is 0 Å². The normalized spacial score (nSPS) is 29.4. The van der Waals surface area contributed by atoms with Crippen LogP contribution in [0.4, 0.5) is 8.78 Å². The van der Waals surface area contributed by atoms with E-state index in [2.05, 4.69) is 0 Å². The van der Waals surface area contributed by atoms with Crippen LogP contribution in [-0.2, 0) is 0 Å². The van der Waals surface area contributed by atoms with Crippen LogP contribution in [0.15, 0.2) is 11.7 Å². The second kappa shape index (κ2) is 3.69. The van der Waals surface area contributed by atoms with Crippen LogP contribution >= 0.6 is 0 Å². The number of hydrogen-bond donors (Lipinski definition) is 0. The van der Waals surface area contributed by atoms with Gasteiger partial charge in [0.25, 0.3) is 0 Å². The van der Waals surface area contributed by atoms with Crippen LogP contribution < -0.4 is 0 Å². The zero-order valence-electron chi connectivity index (χ0n) is 6.00. The average Bonchev–Trinajstić information content (AvgIpc) is 1.92. The first-order valence-corrected chi connectivity index (χ1v) is 3.84. The van der Waals surface area contributed by atoms with Gasteiger partial charge in [0.1, 0.15) is 11.7 Å². The molecule has 1 rings (SSSR count). The first kappa shape index (κ1) is 7.70. The molecule has 0 aromatic heterocycles. The predicted octanol–water partition coefficient (Wildman–Crippen LogP) is 3.49. The van der Waals surface area contributed by atoms with Crippen LogP contribution in [0.5, 0.6) is 0 Å². The van der Waals surface area contributed by atoms with E-state index in [4.69, 9.17) is 0 Å². The van der Waals surface area contributed by atoms with Gasteiger partial charge in [-0.25, -0.2) is 8.78 Å². The molecule has 0 N–H and O–H groups in total. The van der Waals surface area contributed by atoms with Crippen molar-refractivity contribution in [2.75, 3.05) is 0 Å². The summed E-state index contributed by atoms with van der Waals surface area (Å²) in [5.41, 5.74) is 0. The fraction of sp³-hybridized carbons (Fsp3) is 0.750. The highest BCUT2D eigenvalue weighted by molar-refractivity contribution is 5.00. The minimum absolute atomic E-state index is 0.311. The molecule has 0 bridgehead atoms. The molecule has 0 aromatic rings. The smallest absolute Gasteiger partial charge is 0.131 e. The van der Waals surface area contributed by atoms with Crippen LogP contribution in [0.3, 0.4) is 0 Å². The van der Waals surface area contributed by atoms with E-state index in [1.165, 1.54) is 0 Å². The minimum atomic E-state index is -0.514. The van der Waals surface area contributed by atoms with Crippen molar-refractivity contribution in [3.63, 3.8) is 0 Å². The van der Waals surface area contributed by atoms with Crippen molar-refractivity contribution in [2.45, 2.75) is 38.5 Å². The lowest BCUT2D eigenvalue weighted by Gasteiger charge is -2.05. The summed E-state index contributed by atoms with van der Waals surface area (Å²) >= 11 is 0. The van der Waals surface area contributed by atoms with Crippen LogP contribution in [0, 0.1) is 0 Å². The lowest BCUT2D eigenvalue weighted by molar-refractivity contribution is 0.444.